The second kappa shape index (κ2) is 7.46. The SMILES string of the molecule is C=C(O)CCc1ccc(OCC2=CC3(CCCC3)CCC2)cc1C. The van der Waals surface area contributed by atoms with Crippen molar-refractivity contribution in [3.8, 4) is 5.75 Å². The zero-order valence-corrected chi connectivity index (χ0v) is 14.9. The molecule has 1 fully saturated rings. The van der Waals surface area contributed by atoms with Gasteiger partial charge in [0.2, 0.25) is 0 Å². The zero-order chi connectivity index (χ0) is 17.0. The van der Waals surface area contributed by atoms with E-state index >= 15 is 0 Å². The molecule has 1 N–H and O–H groups in total. The predicted octanol–water partition coefficient (Wildman–Crippen LogP) is 6.05. The first-order valence-electron chi connectivity index (χ1n) is 9.36. The van der Waals surface area contributed by atoms with Crippen LogP contribution in [0.3, 0.4) is 0 Å². The number of aliphatic hydroxyl groups excluding tert-OH is 1. The first-order chi connectivity index (χ1) is 11.6. The second-order valence-electron chi connectivity index (χ2n) is 7.67. The maximum absolute atomic E-state index is 9.25. The molecule has 0 radical (unpaired) electrons. The molecule has 2 heteroatoms. The van der Waals surface area contributed by atoms with E-state index in [1.54, 1.807) is 0 Å². The van der Waals surface area contributed by atoms with Gasteiger partial charge in [0.15, 0.2) is 0 Å². The van der Waals surface area contributed by atoms with E-state index in [2.05, 4.69) is 37.8 Å². The third-order valence-corrected chi connectivity index (χ3v) is 5.70. The topological polar surface area (TPSA) is 29.5 Å². The molecule has 130 valence electrons. The van der Waals surface area contributed by atoms with Crippen molar-refractivity contribution >= 4 is 0 Å². The lowest BCUT2D eigenvalue weighted by atomic mass is 9.75. The Morgan fingerprint density at radius 2 is 1.96 bits per heavy atom. The first kappa shape index (κ1) is 17.1. The summed E-state index contributed by atoms with van der Waals surface area (Å²) < 4.78 is 6.07. The predicted molar refractivity (Wildman–Crippen MR) is 99.6 cm³/mol. The van der Waals surface area contributed by atoms with E-state index in [4.69, 9.17) is 4.74 Å². The van der Waals surface area contributed by atoms with Gasteiger partial charge in [-0.1, -0.05) is 31.6 Å². The maximum Gasteiger partial charge on any atom is 0.120 e. The fraction of sp³-hybridized carbons (Fsp3) is 0.545. The average molecular weight is 326 g/mol. The molecule has 1 saturated carbocycles. The van der Waals surface area contributed by atoms with Gasteiger partial charge < -0.3 is 9.84 Å². The summed E-state index contributed by atoms with van der Waals surface area (Å²) in [6, 6.07) is 6.28. The molecule has 1 spiro atoms. The van der Waals surface area contributed by atoms with Crippen LogP contribution in [0.1, 0.15) is 62.5 Å². The van der Waals surface area contributed by atoms with Crippen LogP contribution in [0.5, 0.6) is 5.75 Å². The Morgan fingerprint density at radius 1 is 1.21 bits per heavy atom. The van der Waals surface area contributed by atoms with Crippen molar-refractivity contribution in [2.24, 2.45) is 5.41 Å². The van der Waals surface area contributed by atoms with E-state index in [0.717, 1.165) is 18.8 Å². The standard InChI is InChI=1S/C22H30O2/c1-17-14-21(10-9-20(17)8-7-18(2)23)24-16-19-6-5-13-22(15-19)11-3-4-12-22/h9-10,14-15,23H,2-8,11-13,16H2,1H3. The van der Waals surface area contributed by atoms with Gasteiger partial charge in [-0.05, 0) is 79.7 Å². The van der Waals surface area contributed by atoms with Gasteiger partial charge in [0, 0.05) is 6.42 Å². The molecule has 1 aromatic carbocycles. The molecule has 0 amide bonds. The highest BCUT2D eigenvalue weighted by Crippen LogP contribution is 2.47. The van der Waals surface area contributed by atoms with Crippen LogP contribution in [-0.2, 0) is 6.42 Å². The highest BCUT2D eigenvalue weighted by molar-refractivity contribution is 5.35. The van der Waals surface area contributed by atoms with Crippen LogP contribution in [0.25, 0.3) is 0 Å². The molecule has 0 atom stereocenters. The number of aliphatic hydroxyl groups is 1. The van der Waals surface area contributed by atoms with Gasteiger partial charge in [0.05, 0.1) is 5.76 Å². The van der Waals surface area contributed by atoms with Gasteiger partial charge in [0.25, 0.3) is 0 Å². The summed E-state index contributed by atoms with van der Waals surface area (Å²) in [7, 11) is 0. The molecule has 1 aromatic rings. The van der Waals surface area contributed by atoms with Crippen molar-refractivity contribution < 1.29 is 9.84 Å². The Labute approximate surface area is 146 Å². The van der Waals surface area contributed by atoms with Crippen molar-refractivity contribution in [3.05, 3.63) is 53.3 Å². The first-order valence-corrected chi connectivity index (χ1v) is 9.36. The molecule has 2 nitrogen and oxygen atoms in total. The molecular formula is C22H30O2. The largest absolute Gasteiger partial charge is 0.513 e. The summed E-state index contributed by atoms with van der Waals surface area (Å²) in [6.07, 6.45) is 13.4. The molecule has 2 aliphatic rings. The smallest absolute Gasteiger partial charge is 0.120 e. The second-order valence-corrected chi connectivity index (χ2v) is 7.67. The van der Waals surface area contributed by atoms with Gasteiger partial charge in [-0.3, -0.25) is 0 Å². The van der Waals surface area contributed by atoms with Crippen molar-refractivity contribution in [2.75, 3.05) is 6.61 Å². The number of hydrogen-bond acceptors (Lipinski definition) is 2. The lowest BCUT2D eigenvalue weighted by Crippen LogP contribution is -2.19. The zero-order valence-electron chi connectivity index (χ0n) is 14.9. The van der Waals surface area contributed by atoms with Crippen LogP contribution < -0.4 is 4.74 Å². The molecule has 0 saturated heterocycles. The quantitative estimate of drug-likeness (QED) is 0.509. The summed E-state index contributed by atoms with van der Waals surface area (Å²) in [6.45, 7) is 6.39. The van der Waals surface area contributed by atoms with Crippen LogP contribution in [0.4, 0.5) is 0 Å². The molecule has 0 unspecified atom stereocenters. The van der Waals surface area contributed by atoms with Gasteiger partial charge in [-0.15, -0.1) is 0 Å². The normalized spacial score (nSPS) is 19.3. The Morgan fingerprint density at radius 3 is 2.67 bits per heavy atom. The Balaban J connectivity index is 1.59. The highest BCUT2D eigenvalue weighted by atomic mass is 16.5. The molecular weight excluding hydrogens is 296 g/mol. The van der Waals surface area contributed by atoms with E-state index in [1.165, 1.54) is 61.6 Å². The minimum absolute atomic E-state index is 0.250. The fourth-order valence-electron chi connectivity index (χ4n) is 4.33. The van der Waals surface area contributed by atoms with Crippen molar-refractivity contribution in [3.63, 3.8) is 0 Å². The van der Waals surface area contributed by atoms with E-state index in [9.17, 15) is 5.11 Å². The highest BCUT2D eigenvalue weighted by Gasteiger charge is 2.33. The number of rotatable bonds is 6. The lowest BCUT2D eigenvalue weighted by Gasteiger charge is -2.31. The van der Waals surface area contributed by atoms with Crippen molar-refractivity contribution in [1.29, 1.82) is 0 Å². The van der Waals surface area contributed by atoms with Crippen LogP contribution >= 0.6 is 0 Å². The lowest BCUT2D eigenvalue weighted by molar-refractivity contribution is 0.300. The molecule has 0 aromatic heterocycles. The van der Waals surface area contributed by atoms with Crippen LogP contribution in [0, 0.1) is 12.3 Å². The molecule has 24 heavy (non-hydrogen) atoms. The molecule has 0 aliphatic heterocycles. The van der Waals surface area contributed by atoms with Gasteiger partial charge >= 0.3 is 0 Å². The average Bonchev–Trinajstić information content (AvgIpc) is 2.99. The molecule has 0 bridgehead atoms. The summed E-state index contributed by atoms with van der Waals surface area (Å²) in [4.78, 5) is 0. The summed E-state index contributed by atoms with van der Waals surface area (Å²) in [5.74, 6) is 1.20. The minimum atomic E-state index is 0.250. The van der Waals surface area contributed by atoms with E-state index in [0.29, 0.717) is 11.8 Å². The summed E-state index contributed by atoms with van der Waals surface area (Å²) >= 11 is 0. The number of ether oxygens (including phenoxy) is 1. The fourth-order valence-corrected chi connectivity index (χ4v) is 4.33. The van der Waals surface area contributed by atoms with Crippen LogP contribution in [-0.4, -0.2) is 11.7 Å². The maximum atomic E-state index is 9.25. The summed E-state index contributed by atoms with van der Waals surface area (Å²) in [5, 5.41) is 9.25. The van der Waals surface area contributed by atoms with E-state index in [1.807, 2.05) is 0 Å². The monoisotopic (exact) mass is 326 g/mol. The molecule has 3 rings (SSSR count). The number of hydrogen-bond donors (Lipinski definition) is 1. The van der Waals surface area contributed by atoms with Gasteiger partial charge in [-0.25, -0.2) is 0 Å². The number of allylic oxidation sites excluding steroid dienone is 2. The molecule has 2 aliphatic carbocycles. The Kier molecular flexibility index (Phi) is 5.33. The number of benzene rings is 1. The van der Waals surface area contributed by atoms with Gasteiger partial charge in [0.1, 0.15) is 12.4 Å². The molecule has 0 heterocycles. The Bertz CT molecular complexity index is 621. The van der Waals surface area contributed by atoms with Crippen molar-refractivity contribution in [1.82, 2.24) is 0 Å². The third-order valence-electron chi connectivity index (χ3n) is 5.70. The van der Waals surface area contributed by atoms with Gasteiger partial charge in [-0.2, -0.15) is 0 Å². The van der Waals surface area contributed by atoms with Crippen molar-refractivity contribution in [2.45, 2.75) is 64.7 Å². The summed E-state index contributed by atoms with van der Waals surface area (Å²) in [5.41, 5.74) is 4.46. The van der Waals surface area contributed by atoms with Crippen LogP contribution in [0.2, 0.25) is 0 Å². The van der Waals surface area contributed by atoms with E-state index in [-0.39, 0.29) is 5.76 Å². The Hall–Kier alpha value is -1.70. The van der Waals surface area contributed by atoms with Crippen LogP contribution in [0.15, 0.2) is 42.2 Å². The van der Waals surface area contributed by atoms with E-state index < -0.39 is 0 Å². The third kappa shape index (κ3) is 4.23. The number of aryl methyl sites for hydroxylation is 2. The minimum Gasteiger partial charge on any atom is -0.513 e.